The van der Waals surface area contributed by atoms with Gasteiger partial charge < -0.3 is 0 Å². The molecular weight excluding hydrogens is 172 g/mol. The molecule has 0 amide bonds. The van der Waals surface area contributed by atoms with Gasteiger partial charge in [-0.15, -0.1) is 0 Å². The molecule has 1 nitrogen and oxygen atoms in total. The zero-order chi connectivity index (χ0) is 10.1. The molecule has 0 bridgehead atoms. The van der Waals surface area contributed by atoms with Crippen LogP contribution in [0.15, 0.2) is 30.3 Å². The fourth-order valence-corrected chi connectivity index (χ4v) is 1.94. The lowest BCUT2D eigenvalue weighted by Gasteiger charge is -2.10. The minimum atomic E-state index is 0.0404. The molecule has 0 unspecified atom stereocenters. The first-order valence-electron chi connectivity index (χ1n) is 4.99. The molecule has 0 aliphatic heterocycles. The van der Waals surface area contributed by atoms with E-state index in [1.54, 1.807) is 6.92 Å². The summed E-state index contributed by atoms with van der Waals surface area (Å²) < 4.78 is 0. The number of hydrogen-bond donors (Lipinski definition) is 0. The summed E-state index contributed by atoms with van der Waals surface area (Å²) in [4.78, 5) is 11.3. The standard InChI is InChI=1S/C13H14O/c1-9(10(2)14)12-8-7-11-5-3-4-6-13(11)12/h3-6,8-9H,7H2,1-2H3/t9-/m0/s1. The molecule has 0 spiro atoms. The van der Waals surface area contributed by atoms with Gasteiger partial charge in [-0.2, -0.15) is 0 Å². The largest absolute Gasteiger partial charge is 0.299 e. The second-order valence-electron chi connectivity index (χ2n) is 3.85. The molecule has 14 heavy (non-hydrogen) atoms. The molecule has 0 saturated heterocycles. The summed E-state index contributed by atoms with van der Waals surface area (Å²) in [5, 5.41) is 0. The number of allylic oxidation sites excluding steroid dienone is 2. The summed E-state index contributed by atoms with van der Waals surface area (Å²) in [6.45, 7) is 3.64. The van der Waals surface area contributed by atoms with Gasteiger partial charge in [0, 0.05) is 5.92 Å². The first-order valence-corrected chi connectivity index (χ1v) is 4.99. The average Bonchev–Trinajstić information content (AvgIpc) is 2.60. The summed E-state index contributed by atoms with van der Waals surface area (Å²) in [6, 6.07) is 8.32. The summed E-state index contributed by atoms with van der Waals surface area (Å²) in [5.41, 5.74) is 3.80. The molecule has 0 N–H and O–H groups in total. The van der Waals surface area contributed by atoms with E-state index >= 15 is 0 Å². The third-order valence-electron chi connectivity index (χ3n) is 2.95. The van der Waals surface area contributed by atoms with E-state index in [0.29, 0.717) is 0 Å². The Bertz CT molecular complexity index is 401. The van der Waals surface area contributed by atoms with Crippen LogP contribution in [-0.4, -0.2) is 5.78 Å². The van der Waals surface area contributed by atoms with Crippen LogP contribution in [-0.2, 0) is 11.2 Å². The highest BCUT2D eigenvalue weighted by atomic mass is 16.1. The Hall–Kier alpha value is -1.37. The number of carbonyl (C=O) groups is 1. The van der Waals surface area contributed by atoms with Crippen molar-refractivity contribution in [3.8, 4) is 0 Å². The molecular formula is C13H14O. The predicted octanol–water partition coefficient (Wildman–Crippen LogP) is 2.85. The minimum absolute atomic E-state index is 0.0404. The molecule has 1 aliphatic carbocycles. The van der Waals surface area contributed by atoms with Crippen molar-refractivity contribution < 1.29 is 4.79 Å². The molecule has 1 aromatic rings. The lowest BCUT2D eigenvalue weighted by Crippen LogP contribution is -2.07. The molecule has 1 aromatic carbocycles. The molecule has 72 valence electrons. The van der Waals surface area contributed by atoms with Crippen molar-refractivity contribution in [3.63, 3.8) is 0 Å². The lowest BCUT2D eigenvalue weighted by atomic mass is 9.93. The highest BCUT2D eigenvalue weighted by molar-refractivity contribution is 5.93. The second kappa shape index (κ2) is 3.41. The Labute approximate surface area is 84.5 Å². The van der Waals surface area contributed by atoms with Gasteiger partial charge in [-0.05, 0) is 30.0 Å². The predicted molar refractivity (Wildman–Crippen MR) is 58.0 cm³/mol. The zero-order valence-electron chi connectivity index (χ0n) is 8.58. The summed E-state index contributed by atoms with van der Waals surface area (Å²) in [7, 11) is 0. The van der Waals surface area contributed by atoms with Crippen molar-refractivity contribution in [1.82, 2.24) is 0 Å². The van der Waals surface area contributed by atoms with E-state index in [4.69, 9.17) is 0 Å². The zero-order valence-corrected chi connectivity index (χ0v) is 8.58. The number of rotatable bonds is 2. The Kier molecular flexibility index (Phi) is 2.24. The lowest BCUT2D eigenvalue weighted by molar-refractivity contribution is -0.118. The van der Waals surface area contributed by atoms with Gasteiger partial charge in [0.15, 0.2) is 0 Å². The maximum absolute atomic E-state index is 11.3. The van der Waals surface area contributed by atoms with Gasteiger partial charge in [-0.25, -0.2) is 0 Å². The quantitative estimate of drug-likeness (QED) is 0.694. The normalized spacial score (nSPS) is 16.0. The van der Waals surface area contributed by atoms with Gasteiger partial charge >= 0.3 is 0 Å². The first-order chi connectivity index (χ1) is 6.70. The van der Waals surface area contributed by atoms with Crippen LogP contribution in [0.1, 0.15) is 25.0 Å². The number of fused-ring (bicyclic) bond motifs is 1. The van der Waals surface area contributed by atoms with Crippen LogP contribution in [0, 0.1) is 5.92 Å². The van der Waals surface area contributed by atoms with Crippen molar-refractivity contribution in [1.29, 1.82) is 0 Å². The van der Waals surface area contributed by atoms with Gasteiger partial charge in [0.25, 0.3) is 0 Å². The number of ketones is 1. The number of hydrogen-bond acceptors (Lipinski definition) is 1. The molecule has 2 rings (SSSR count). The van der Waals surface area contributed by atoms with Gasteiger partial charge in [-0.3, -0.25) is 4.79 Å². The Morgan fingerprint density at radius 2 is 2.07 bits per heavy atom. The van der Waals surface area contributed by atoms with E-state index in [2.05, 4.69) is 18.2 Å². The van der Waals surface area contributed by atoms with Gasteiger partial charge in [0.1, 0.15) is 5.78 Å². The van der Waals surface area contributed by atoms with Crippen LogP contribution in [0.5, 0.6) is 0 Å². The van der Waals surface area contributed by atoms with Crippen LogP contribution in [0.25, 0.3) is 5.57 Å². The van der Waals surface area contributed by atoms with Crippen LogP contribution < -0.4 is 0 Å². The van der Waals surface area contributed by atoms with E-state index in [1.807, 2.05) is 19.1 Å². The first kappa shape index (κ1) is 9.20. The SMILES string of the molecule is CC(=O)[C@H](C)C1=CCc2ccccc21. The van der Waals surface area contributed by atoms with Crippen LogP contribution >= 0.6 is 0 Å². The van der Waals surface area contributed by atoms with E-state index in [0.717, 1.165) is 6.42 Å². The Balaban J connectivity index is 2.38. The summed E-state index contributed by atoms with van der Waals surface area (Å²) >= 11 is 0. The van der Waals surface area contributed by atoms with Gasteiger partial charge in [-0.1, -0.05) is 37.3 Å². The molecule has 0 fully saturated rings. The van der Waals surface area contributed by atoms with Crippen LogP contribution in [0.4, 0.5) is 0 Å². The maximum atomic E-state index is 11.3. The molecule has 1 atom stereocenters. The average molecular weight is 186 g/mol. The van der Waals surface area contributed by atoms with Gasteiger partial charge in [0.05, 0.1) is 0 Å². The fourth-order valence-electron chi connectivity index (χ4n) is 1.94. The fraction of sp³-hybridized carbons (Fsp3) is 0.308. The molecule has 1 heteroatoms. The van der Waals surface area contributed by atoms with E-state index < -0.39 is 0 Å². The van der Waals surface area contributed by atoms with Gasteiger partial charge in [0.2, 0.25) is 0 Å². The Morgan fingerprint density at radius 1 is 1.36 bits per heavy atom. The topological polar surface area (TPSA) is 17.1 Å². The molecule has 0 radical (unpaired) electrons. The van der Waals surface area contributed by atoms with Crippen molar-refractivity contribution >= 4 is 11.4 Å². The van der Waals surface area contributed by atoms with E-state index in [-0.39, 0.29) is 11.7 Å². The summed E-state index contributed by atoms with van der Waals surface area (Å²) in [6.07, 6.45) is 3.15. The minimum Gasteiger partial charge on any atom is -0.299 e. The van der Waals surface area contributed by atoms with Crippen molar-refractivity contribution in [2.24, 2.45) is 5.92 Å². The number of benzene rings is 1. The molecule has 0 saturated carbocycles. The third kappa shape index (κ3) is 1.39. The van der Waals surface area contributed by atoms with Crippen LogP contribution in [0.2, 0.25) is 0 Å². The monoisotopic (exact) mass is 186 g/mol. The molecule has 0 aromatic heterocycles. The van der Waals surface area contributed by atoms with E-state index in [1.165, 1.54) is 16.7 Å². The van der Waals surface area contributed by atoms with Crippen molar-refractivity contribution in [3.05, 3.63) is 41.5 Å². The van der Waals surface area contributed by atoms with Crippen LogP contribution in [0.3, 0.4) is 0 Å². The highest BCUT2D eigenvalue weighted by Crippen LogP contribution is 2.32. The Morgan fingerprint density at radius 3 is 2.79 bits per heavy atom. The smallest absolute Gasteiger partial charge is 0.136 e. The van der Waals surface area contributed by atoms with Crippen molar-refractivity contribution in [2.45, 2.75) is 20.3 Å². The maximum Gasteiger partial charge on any atom is 0.136 e. The third-order valence-corrected chi connectivity index (χ3v) is 2.95. The number of carbonyl (C=O) groups excluding carboxylic acids is 1. The van der Waals surface area contributed by atoms with Crippen molar-refractivity contribution in [2.75, 3.05) is 0 Å². The summed E-state index contributed by atoms with van der Waals surface area (Å²) in [5.74, 6) is 0.284. The molecule has 1 aliphatic rings. The highest BCUT2D eigenvalue weighted by Gasteiger charge is 2.20. The van der Waals surface area contributed by atoms with E-state index in [9.17, 15) is 4.79 Å². The second-order valence-corrected chi connectivity index (χ2v) is 3.85. The number of Topliss-reactive ketones (excluding diaryl/α,β-unsaturated/α-hetero) is 1. The molecule has 0 heterocycles.